The van der Waals surface area contributed by atoms with Crippen LogP contribution in [0.25, 0.3) is 0 Å². The van der Waals surface area contributed by atoms with E-state index in [2.05, 4.69) is 15.6 Å². The van der Waals surface area contributed by atoms with Crippen molar-refractivity contribution >= 4 is 17.3 Å². The molecule has 0 amide bonds. The summed E-state index contributed by atoms with van der Waals surface area (Å²) in [5.41, 5.74) is 0. The summed E-state index contributed by atoms with van der Waals surface area (Å²) in [6, 6.07) is 3.99. The second kappa shape index (κ2) is 7.25. The maximum Gasteiger partial charge on any atom is 0.390 e. The Morgan fingerprint density at radius 1 is 1.33 bits per heavy atom. The molecule has 0 aromatic carbocycles. The number of guanidine groups is 1. The average Bonchev–Trinajstić information content (AvgIpc) is 2.78. The molecule has 18 heavy (non-hydrogen) atoms. The lowest BCUT2D eigenvalue weighted by molar-refractivity contribution is -0.132. The molecule has 0 saturated carbocycles. The Bertz CT molecular complexity index is 360. The van der Waals surface area contributed by atoms with Crippen molar-refractivity contribution in [3.8, 4) is 0 Å². The Hall–Kier alpha value is -1.24. The molecule has 0 saturated heterocycles. The van der Waals surface area contributed by atoms with Gasteiger partial charge in [0, 0.05) is 25.0 Å². The van der Waals surface area contributed by atoms with Crippen LogP contribution in [0.4, 0.5) is 13.2 Å². The van der Waals surface area contributed by atoms with E-state index in [-0.39, 0.29) is 6.54 Å². The van der Waals surface area contributed by atoms with Crippen LogP contribution in [0.15, 0.2) is 22.5 Å². The summed E-state index contributed by atoms with van der Waals surface area (Å²) < 4.78 is 35.8. The van der Waals surface area contributed by atoms with Gasteiger partial charge in [0.25, 0.3) is 0 Å². The fraction of sp³-hybridized carbons (Fsp3) is 0.545. The van der Waals surface area contributed by atoms with Crippen LogP contribution in [0, 0.1) is 0 Å². The maximum absolute atomic E-state index is 11.9. The molecular formula is C11H16F3N3S. The first-order valence-corrected chi connectivity index (χ1v) is 6.43. The molecule has 1 rings (SSSR count). The highest BCUT2D eigenvalue weighted by atomic mass is 32.1. The molecule has 1 heterocycles. The average molecular weight is 279 g/mol. The van der Waals surface area contributed by atoms with Crippen molar-refractivity contribution < 1.29 is 13.2 Å². The van der Waals surface area contributed by atoms with E-state index in [9.17, 15) is 13.2 Å². The molecule has 0 spiro atoms. The van der Waals surface area contributed by atoms with E-state index in [1.165, 1.54) is 11.9 Å². The Balaban J connectivity index is 2.18. The van der Waals surface area contributed by atoms with Crippen molar-refractivity contribution in [3.63, 3.8) is 0 Å². The minimum atomic E-state index is -4.14. The molecule has 0 unspecified atom stereocenters. The van der Waals surface area contributed by atoms with Crippen LogP contribution >= 0.6 is 11.3 Å². The van der Waals surface area contributed by atoms with Crippen molar-refractivity contribution in [2.24, 2.45) is 4.99 Å². The van der Waals surface area contributed by atoms with Gasteiger partial charge in [0.2, 0.25) is 0 Å². The summed E-state index contributed by atoms with van der Waals surface area (Å²) in [5.74, 6) is 0.399. The molecule has 3 nitrogen and oxygen atoms in total. The highest BCUT2D eigenvalue weighted by Crippen LogP contribution is 2.18. The van der Waals surface area contributed by atoms with Crippen LogP contribution in [-0.2, 0) is 6.42 Å². The molecule has 0 aliphatic rings. The fourth-order valence-corrected chi connectivity index (χ4v) is 2.01. The van der Waals surface area contributed by atoms with Crippen LogP contribution in [0.2, 0.25) is 0 Å². The quantitative estimate of drug-likeness (QED) is 0.641. The molecule has 0 bridgehead atoms. The van der Waals surface area contributed by atoms with Crippen LogP contribution in [0.1, 0.15) is 11.3 Å². The van der Waals surface area contributed by atoms with Gasteiger partial charge < -0.3 is 10.6 Å². The summed E-state index contributed by atoms with van der Waals surface area (Å²) >= 11 is 1.65. The number of rotatable bonds is 5. The standard InChI is InChI=1S/C11H16F3N3S/c1-15-10(17-7-5-11(12,13)14)16-6-4-9-3-2-8-18-9/h2-3,8H,4-7H2,1H3,(H2,15,16,17). The first-order chi connectivity index (χ1) is 8.51. The molecular weight excluding hydrogens is 263 g/mol. The number of nitrogens with zero attached hydrogens (tertiary/aromatic N) is 1. The number of alkyl halides is 3. The highest BCUT2D eigenvalue weighted by Gasteiger charge is 2.26. The van der Waals surface area contributed by atoms with Crippen LogP contribution in [0.3, 0.4) is 0 Å². The zero-order valence-corrected chi connectivity index (χ0v) is 10.9. The summed E-state index contributed by atoms with van der Waals surface area (Å²) in [6.07, 6.45) is -4.17. The summed E-state index contributed by atoms with van der Waals surface area (Å²) in [4.78, 5) is 5.09. The number of thiophene rings is 1. The highest BCUT2D eigenvalue weighted by molar-refractivity contribution is 7.09. The molecule has 0 radical (unpaired) electrons. The predicted molar refractivity (Wildman–Crippen MR) is 68.1 cm³/mol. The van der Waals surface area contributed by atoms with Gasteiger partial charge >= 0.3 is 6.18 Å². The monoisotopic (exact) mass is 279 g/mol. The molecule has 7 heteroatoms. The van der Waals surface area contributed by atoms with Crippen LogP contribution < -0.4 is 10.6 Å². The minimum Gasteiger partial charge on any atom is -0.356 e. The van der Waals surface area contributed by atoms with Crippen molar-refractivity contribution in [1.82, 2.24) is 10.6 Å². The summed E-state index contributed by atoms with van der Waals surface area (Å²) in [5, 5.41) is 7.59. The van der Waals surface area contributed by atoms with E-state index in [1.54, 1.807) is 11.3 Å². The van der Waals surface area contributed by atoms with E-state index in [1.807, 2.05) is 17.5 Å². The number of hydrogen-bond acceptors (Lipinski definition) is 2. The van der Waals surface area contributed by atoms with Crippen molar-refractivity contribution in [2.75, 3.05) is 20.1 Å². The van der Waals surface area contributed by atoms with Gasteiger partial charge in [-0.1, -0.05) is 6.07 Å². The van der Waals surface area contributed by atoms with E-state index < -0.39 is 12.6 Å². The van der Waals surface area contributed by atoms with Gasteiger partial charge in [-0.3, -0.25) is 4.99 Å². The lowest BCUT2D eigenvalue weighted by atomic mass is 10.3. The SMILES string of the molecule is CN=C(NCCc1cccs1)NCCC(F)(F)F. The van der Waals surface area contributed by atoms with E-state index in [0.717, 1.165) is 6.42 Å². The van der Waals surface area contributed by atoms with Crippen molar-refractivity contribution in [1.29, 1.82) is 0 Å². The van der Waals surface area contributed by atoms with E-state index in [4.69, 9.17) is 0 Å². The molecule has 102 valence electrons. The lowest BCUT2D eigenvalue weighted by Crippen LogP contribution is -2.39. The predicted octanol–water partition coefficient (Wildman–Crippen LogP) is 2.41. The van der Waals surface area contributed by atoms with Gasteiger partial charge in [-0.15, -0.1) is 11.3 Å². The Kier molecular flexibility index (Phi) is 5.97. The molecule has 2 N–H and O–H groups in total. The molecule has 0 atom stereocenters. The van der Waals surface area contributed by atoms with Gasteiger partial charge in [0.15, 0.2) is 5.96 Å². The minimum absolute atomic E-state index is 0.165. The zero-order chi connectivity index (χ0) is 13.4. The van der Waals surface area contributed by atoms with Crippen molar-refractivity contribution in [3.05, 3.63) is 22.4 Å². The van der Waals surface area contributed by atoms with E-state index >= 15 is 0 Å². The fourth-order valence-electron chi connectivity index (χ4n) is 1.30. The first-order valence-electron chi connectivity index (χ1n) is 5.55. The number of aliphatic imine (C=N–C) groups is 1. The molecule has 1 aromatic heterocycles. The summed E-state index contributed by atoms with van der Waals surface area (Å²) in [6.45, 7) is 0.481. The molecule has 0 fully saturated rings. The lowest BCUT2D eigenvalue weighted by Gasteiger charge is -2.12. The Morgan fingerprint density at radius 2 is 2.06 bits per heavy atom. The molecule has 0 aliphatic heterocycles. The first kappa shape index (κ1) is 14.8. The third-order valence-electron chi connectivity index (χ3n) is 2.17. The van der Waals surface area contributed by atoms with Gasteiger partial charge in [0.05, 0.1) is 6.42 Å². The third-order valence-corrected chi connectivity index (χ3v) is 3.10. The van der Waals surface area contributed by atoms with Crippen molar-refractivity contribution in [2.45, 2.75) is 19.0 Å². The van der Waals surface area contributed by atoms with Gasteiger partial charge in [-0.25, -0.2) is 0 Å². The topological polar surface area (TPSA) is 36.4 Å². The largest absolute Gasteiger partial charge is 0.390 e. The second-order valence-corrected chi connectivity index (χ2v) is 4.65. The van der Waals surface area contributed by atoms with Crippen LogP contribution in [-0.4, -0.2) is 32.3 Å². The zero-order valence-electron chi connectivity index (χ0n) is 10.0. The molecule has 0 aliphatic carbocycles. The van der Waals surface area contributed by atoms with Gasteiger partial charge in [-0.05, 0) is 17.9 Å². The summed E-state index contributed by atoms with van der Waals surface area (Å²) in [7, 11) is 1.54. The normalized spacial score (nSPS) is 12.6. The number of halogens is 3. The molecule has 1 aromatic rings. The second-order valence-electron chi connectivity index (χ2n) is 3.62. The van der Waals surface area contributed by atoms with E-state index in [0.29, 0.717) is 12.5 Å². The van der Waals surface area contributed by atoms with Crippen LogP contribution in [0.5, 0.6) is 0 Å². The van der Waals surface area contributed by atoms with Gasteiger partial charge in [0.1, 0.15) is 0 Å². The third kappa shape index (κ3) is 6.48. The smallest absolute Gasteiger partial charge is 0.356 e. The number of hydrogen-bond donors (Lipinski definition) is 2. The Morgan fingerprint density at radius 3 is 2.61 bits per heavy atom. The van der Waals surface area contributed by atoms with Gasteiger partial charge in [-0.2, -0.15) is 13.2 Å². The maximum atomic E-state index is 11.9. The Labute approximate surface area is 108 Å². The number of nitrogens with one attached hydrogen (secondary N) is 2.